The van der Waals surface area contributed by atoms with Crippen LogP contribution in [0.2, 0.25) is 0 Å². The molecule has 1 aromatic heterocycles. The van der Waals surface area contributed by atoms with Crippen LogP contribution in [0.5, 0.6) is 0 Å². The molecular weight excluding hydrogens is 242 g/mol. The summed E-state index contributed by atoms with van der Waals surface area (Å²) < 4.78 is 0. The van der Waals surface area contributed by atoms with Crippen molar-refractivity contribution in [2.45, 2.75) is 6.92 Å². The quantitative estimate of drug-likeness (QED) is 0.738. The number of rotatable bonds is 2. The van der Waals surface area contributed by atoms with Crippen molar-refractivity contribution in [2.75, 3.05) is 26.2 Å². The monoisotopic (exact) mass is 259 g/mol. The molecule has 1 saturated heterocycles. The first-order valence-corrected chi connectivity index (χ1v) is 6.29. The number of carbonyl (C=O) groups excluding carboxylic acids is 2. The summed E-state index contributed by atoms with van der Waals surface area (Å²) in [6.45, 7) is 3.98. The highest BCUT2D eigenvalue weighted by Crippen LogP contribution is 2.05. The fourth-order valence-corrected chi connectivity index (χ4v) is 1.99. The average molecular weight is 259 g/mol. The second-order valence-corrected chi connectivity index (χ2v) is 4.45. The largest absolute Gasteiger partial charge is 0.339 e. The van der Waals surface area contributed by atoms with Gasteiger partial charge in [-0.2, -0.15) is 0 Å². The summed E-state index contributed by atoms with van der Waals surface area (Å²) in [5.41, 5.74) is 0.950. The Morgan fingerprint density at radius 2 is 1.68 bits per heavy atom. The molecule has 0 atom stereocenters. The lowest BCUT2D eigenvalue weighted by Crippen LogP contribution is -2.49. The highest BCUT2D eigenvalue weighted by atomic mass is 16.2. The van der Waals surface area contributed by atoms with E-state index in [0.29, 0.717) is 26.2 Å². The van der Waals surface area contributed by atoms with Crippen molar-refractivity contribution < 1.29 is 9.59 Å². The van der Waals surface area contributed by atoms with Crippen LogP contribution in [0.15, 0.2) is 30.6 Å². The van der Waals surface area contributed by atoms with E-state index in [9.17, 15) is 9.59 Å². The lowest BCUT2D eigenvalue weighted by atomic mass is 10.2. The van der Waals surface area contributed by atoms with Crippen LogP contribution in [0.4, 0.5) is 0 Å². The van der Waals surface area contributed by atoms with Crippen molar-refractivity contribution in [3.8, 4) is 0 Å². The predicted octanol–water partition coefficient (Wildman–Crippen LogP) is 0.786. The number of hydrogen-bond acceptors (Lipinski definition) is 3. The third-order valence-corrected chi connectivity index (χ3v) is 3.16. The summed E-state index contributed by atoms with van der Waals surface area (Å²) in [6.07, 6.45) is 6.73. The van der Waals surface area contributed by atoms with Crippen LogP contribution in [0.3, 0.4) is 0 Å². The van der Waals surface area contributed by atoms with Crippen molar-refractivity contribution in [3.05, 3.63) is 36.2 Å². The van der Waals surface area contributed by atoms with Gasteiger partial charge in [-0.15, -0.1) is 0 Å². The zero-order valence-electron chi connectivity index (χ0n) is 11.0. The minimum absolute atomic E-state index is 0.0139. The highest BCUT2D eigenvalue weighted by molar-refractivity contribution is 5.92. The van der Waals surface area contributed by atoms with Crippen molar-refractivity contribution >= 4 is 17.9 Å². The summed E-state index contributed by atoms with van der Waals surface area (Å²) in [7, 11) is 0. The molecule has 2 heterocycles. The molecule has 1 aliphatic rings. The van der Waals surface area contributed by atoms with Gasteiger partial charge in [-0.25, -0.2) is 0 Å². The Labute approximate surface area is 112 Å². The second-order valence-electron chi connectivity index (χ2n) is 4.45. The Bertz CT molecular complexity index is 477. The van der Waals surface area contributed by atoms with E-state index in [0.717, 1.165) is 5.56 Å². The summed E-state index contributed by atoms with van der Waals surface area (Å²) in [5, 5.41) is 0. The minimum Gasteiger partial charge on any atom is -0.339 e. The van der Waals surface area contributed by atoms with Gasteiger partial charge in [0.05, 0.1) is 0 Å². The zero-order chi connectivity index (χ0) is 13.7. The molecule has 1 aliphatic heterocycles. The minimum atomic E-state index is -0.0139. The summed E-state index contributed by atoms with van der Waals surface area (Å²) in [5.74, 6) is 0.0550. The first-order valence-electron chi connectivity index (χ1n) is 6.29. The standard InChI is InChI=1S/C14H17N3O2/c1-12(18)16-8-10-17(11-9-16)14(19)3-2-13-4-6-15-7-5-13/h2-7H,8-11H2,1H3/b3-2+. The number of carbonyl (C=O) groups is 2. The molecule has 0 aromatic carbocycles. The number of hydrogen-bond donors (Lipinski definition) is 0. The molecule has 0 bridgehead atoms. The van der Waals surface area contributed by atoms with Gasteiger partial charge >= 0.3 is 0 Å². The van der Waals surface area contributed by atoms with Gasteiger partial charge in [0.15, 0.2) is 0 Å². The van der Waals surface area contributed by atoms with Crippen LogP contribution in [-0.4, -0.2) is 52.8 Å². The molecule has 1 fully saturated rings. The Morgan fingerprint density at radius 1 is 1.11 bits per heavy atom. The van der Waals surface area contributed by atoms with Gasteiger partial charge in [0.25, 0.3) is 0 Å². The number of amides is 2. The van der Waals surface area contributed by atoms with Gasteiger partial charge in [-0.1, -0.05) is 0 Å². The topological polar surface area (TPSA) is 53.5 Å². The van der Waals surface area contributed by atoms with Gasteiger partial charge < -0.3 is 9.80 Å². The molecule has 0 spiro atoms. The molecular formula is C14H17N3O2. The molecule has 0 aliphatic carbocycles. The third kappa shape index (κ3) is 3.64. The summed E-state index contributed by atoms with van der Waals surface area (Å²) >= 11 is 0. The van der Waals surface area contributed by atoms with E-state index in [4.69, 9.17) is 0 Å². The van der Waals surface area contributed by atoms with Gasteiger partial charge in [-0.05, 0) is 23.8 Å². The van der Waals surface area contributed by atoms with E-state index in [2.05, 4.69) is 4.98 Å². The normalized spacial score (nSPS) is 15.8. The SMILES string of the molecule is CC(=O)N1CCN(C(=O)/C=C/c2ccncc2)CC1. The second kappa shape index (κ2) is 6.13. The van der Waals surface area contributed by atoms with Gasteiger partial charge in [0, 0.05) is 51.6 Å². The van der Waals surface area contributed by atoms with Crippen LogP contribution in [0.1, 0.15) is 12.5 Å². The summed E-state index contributed by atoms with van der Waals surface area (Å²) in [4.78, 5) is 30.6. The fraction of sp³-hybridized carbons (Fsp3) is 0.357. The highest BCUT2D eigenvalue weighted by Gasteiger charge is 2.20. The molecule has 0 radical (unpaired) electrons. The van der Waals surface area contributed by atoms with Crippen molar-refractivity contribution in [2.24, 2.45) is 0 Å². The predicted molar refractivity (Wildman–Crippen MR) is 72.1 cm³/mol. The number of nitrogens with zero attached hydrogens (tertiary/aromatic N) is 3. The molecule has 100 valence electrons. The van der Waals surface area contributed by atoms with E-state index >= 15 is 0 Å². The Hall–Kier alpha value is -2.17. The van der Waals surface area contributed by atoms with Gasteiger partial charge in [-0.3, -0.25) is 14.6 Å². The van der Waals surface area contributed by atoms with Gasteiger partial charge in [0.2, 0.25) is 11.8 Å². The molecule has 2 rings (SSSR count). The van der Waals surface area contributed by atoms with E-state index in [1.54, 1.807) is 41.3 Å². The van der Waals surface area contributed by atoms with Crippen molar-refractivity contribution in [3.63, 3.8) is 0 Å². The maximum absolute atomic E-state index is 12.0. The molecule has 0 saturated carbocycles. The van der Waals surface area contributed by atoms with Crippen LogP contribution in [0, 0.1) is 0 Å². The average Bonchev–Trinajstić information content (AvgIpc) is 2.46. The number of piperazine rings is 1. The van der Waals surface area contributed by atoms with Crippen LogP contribution < -0.4 is 0 Å². The molecule has 2 amide bonds. The van der Waals surface area contributed by atoms with Crippen molar-refractivity contribution in [1.29, 1.82) is 0 Å². The molecule has 5 heteroatoms. The van der Waals surface area contributed by atoms with E-state index in [-0.39, 0.29) is 11.8 Å². The number of pyridine rings is 1. The lowest BCUT2D eigenvalue weighted by molar-refractivity contribution is -0.135. The van der Waals surface area contributed by atoms with Gasteiger partial charge in [0.1, 0.15) is 0 Å². The first-order chi connectivity index (χ1) is 9.16. The van der Waals surface area contributed by atoms with E-state index < -0.39 is 0 Å². The van der Waals surface area contributed by atoms with Crippen LogP contribution in [-0.2, 0) is 9.59 Å². The summed E-state index contributed by atoms with van der Waals surface area (Å²) in [6, 6.07) is 3.69. The Morgan fingerprint density at radius 3 is 2.26 bits per heavy atom. The maximum atomic E-state index is 12.0. The van der Waals surface area contributed by atoms with Crippen LogP contribution in [0.25, 0.3) is 6.08 Å². The third-order valence-electron chi connectivity index (χ3n) is 3.16. The van der Waals surface area contributed by atoms with Crippen molar-refractivity contribution in [1.82, 2.24) is 14.8 Å². The maximum Gasteiger partial charge on any atom is 0.246 e. The molecule has 19 heavy (non-hydrogen) atoms. The van der Waals surface area contributed by atoms with E-state index in [1.165, 1.54) is 0 Å². The molecule has 0 unspecified atom stereocenters. The molecule has 0 N–H and O–H groups in total. The van der Waals surface area contributed by atoms with Crippen LogP contribution >= 0.6 is 0 Å². The number of aromatic nitrogens is 1. The zero-order valence-corrected chi connectivity index (χ0v) is 11.0. The Kier molecular flexibility index (Phi) is 4.28. The lowest BCUT2D eigenvalue weighted by Gasteiger charge is -2.33. The fourth-order valence-electron chi connectivity index (χ4n) is 1.99. The molecule has 5 nitrogen and oxygen atoms in total. The van der Waals surface area contributed by atoms with E-state index in [1.807, 2.05) is 12.1 Å². The first kappa shape index (κ1) is 13.3. The molecule has 1 aromatic rings. The Balaban J connectivity index is 1.88. The smallest absolute Gasteiger partial charge is 0.246 e.